The number of hydrogen-bond acceptors (Lipinski definition) is 4. The molecule has 3 heterocycles. The van der Waals surface area contributed by atoms with Crippen molar-refractivity contribution in [2.24, 2.45) is 5.92 Å². The summed E-state index contributed by atoms with van der Waals surface area (Å²) in [6.07, 6.45) is 5.10. The lowest BCUT2D eigenvalue weighted by molar-refractivity contribution is -0.132. The van der Waals surface area contributed by atoms with Crippen molar-refractivity contribution in [1.82, 2.24) is 14.5 Å². The van der Waals surface area contributed by atoms with Gasteiger partial charge in [-0.1, -0.05) is 0 Å². The van der Waals surface area contributed by atoms with Crippen molar-refractivity contribution < 1.29 is 9.53 Å². The summed E-state index contributed by atoms with van der Waals surface area (Å²) in [4.78, 5) is 19.3. The van der Waals surface area contributed by atoms with E-state index in [0.29, 0.717) is 26.2 Å². The predicted octanol–water partition coefficient (Wildman–Crippen LogP) is 3.06. The molecule has 1 aliphatic carbocycles. The number of carbonyl (C=O) groups is 1. The van der Waals surface area contributed by atoms with E-state index in [4.69, 9.17) is 4.74 Å². The van der Waals surface area contributed by atoms with Crippen LogP contribution in [0.1, 0.15) is 42.6 Å². The molecule has 1 atom stereocenters. The number of imidazole rings is 1. The molecule has 2 aromatic rings. The maximum atomic E-state index is 12.7. The van der Waals surface area contributed by atoms with Crippen LogP contribution in [0.3, 0.4) is 0 Å². The summed E-state index contributed by atoms with van der Waals surface area (Å²) in [6, 6.07) is 2.03. The molecule has 1 unspecified atom stereocenters. The van der Waals surface area contributed by atoms with Crippen molar-refractivity contribution in [3.05, 3.63) is 40.1 Å². The van der Waals surface area contributed by atoms with Crippen LogP contribution < -0.4 is 0 Å². The molecule has 2 aromatic heterocycles. The minimum Gasteiger partial charge on any atom is -0.381 e. The standard InChI is InChI=1S/C19H25N3O2S/c1-2-24-11-16-9-21(18(23)7-15-5-6-25-12-15)10-17-19(16)22(13-20-17)8-14-3-4-14/h5-6,12-14,16H,2-4,7-11H2,1H3. The minimum atomic E-state index is 0.183. The Labute approximate surface area is 152 Å². The van der Waals surface area contributed by atoms with Gasteiger partial charge in [-0.3, -0.25) is 4.79 Å². The van der Waals surface area contributed by atoms with Gasteiger partial charge in [0.25, 0.3) is 0 Å². The van der Waals surface area contributed by atoms with Crippen LogP contribution in [0, 0.1) is 5.92 Å². The van der Waals surface area contributed by atoms with Gasteiger partial charge in [0.1, 0.15) is 0 Å². The zero-order chi connectivity index (χ0) is 17.2. The number of carbonyl (C=O) groups excluding carboxylic acids is 1. The van der Waals surface area contributed by atoms with Gasteiger partial charge in [0.05, 0.1) is 31.6 Å². The molecule has 0 spiro atoms. The van der Waals surface area contributed by atoms with Crippen molar-refractivity contribution in [3.63, 3.8) is 0 Å². The highest BCUT2D eigenvalue weighted by Crippen LogP contribution is 2.34. The highest BCUT2D eigenvalue weighted by atomic mass is 32.1. The summed E-state index contributed by atoms with van der Waals surface area (Å²) in [5.41, 5.74) is 3.44. The average molecular weight is 359 g/mol. The van der Waals surface area contributed by atoms with E-state index in [0.717, 1.165) is 30.3 Å². The van der Waals surface area contributed by atoms with Gasteiger partial charge >= 0.3 is 0 Å². The first-order chi connectivity index (χ1) is 12.2. The van der Waals surface area contributed by atoms with E-state index in [-0.39, 0.29) is 11.8 Å². The molecule has 1 saturated carbocycles. The van der Waals surface area contributed by atoms with Crippen molar-refractivity contribution in [2.45, 2.75) is 45.2 Å². The van der Waals surface area contributed by atoms with Gasteiger partial charge < -0.3 is 14.2 Å². The maximum Gasteiger partial charge on any atom is 0.227 e. The lowest BCUT2D eigenvalue weighted by Gasteiger charge is -2.33. The van der Waals surface area contributed by atoms with E-state index in [1.807, 2.05) is 29.6 Å². The third kappa shape index (κ3) is 3.80. The van der Waals surface area contributed by atoms with Crippen LogP contribution in [0.25, 0.3) is 0 Å². The van der Waals surface area contributed by atoms with E-state index >= 15 is 0 Å². The highest BCUT2D eigenvalue weighted by Gasteiger charge is 2.33. The molecular weight excluding hydrogens is 334 g/mol. The lowest BCUT2D eigenvalue weighted by Crippen LogP contribution is -2.41. The number of fused-ring (bicyclic) bond motifs is 1. The second-order valence-corrected chi connectivity index (χ2v) is 7.89. The maximum absolute atomic E-state index is 12.7. The van der Waals surface area contributed by atoms with E-state index in [9.17, 15) is 4.79 Å². The Morgan fingerprint density at radius 2 is 2.32 bits per heavy atom. The van der Waals surface area contributed by atoms with Crippen LogP contribution in [0.2, 0.25) is 0 Å². The van der Waals surface area contributed by atoms with Crippen molar-refractivity contribution >= 4 is 17.2 Å². The predicted molar refractivity (Wildman–Crippen MR) is 97.6 cm³/mol. The topological polar surface area (TPSA) is 47.4 Å². The third-order valence-corrected chi connectivity index (χ3v) is 5.82. The smallest absolute Gasteiger partial charge is 0.227 e. The fourth-order valence-electron chi connectivity index (χ4n) is 3.61. The third-order valence-electron chi connectivity index (χ3n) is 5.09. The second kappa shape index (κ2) is 7.30. The number of ether oxygens (including phenoxy) is 1. The largest absolute Gasteiger partial charge is 0.381 e. The van der Waals surface area contributed by atoms with E-state index in [2.05, 4.69) is 14.9 Å². The average Bonchev–Trinajstić information content (AvgIpc) is 3.11. The fourth-order valence-corrected chi connectivity index (χ4v) is 4.28. The van der Waals surface area contributed by atoms with Gasteiger partial charge in [0.15, 0.2) is 0 Å². The monoisotopic (exact) mass is 359 g/mol. The number of nitrogens with zero attached hydrogens (tertiary/aromatic N) is 3. The zero-order valence-corrected chi connectivity index (χ0v) is 15.5. The van der Waals surface area contributed by atoms with Gasteiger partial charge in [-0.05, 0) is 48.1 Å². The van der Waals surface area contributed by atoms with Crippen molar-refractivity contribution in [2.75, 3.05) is 19.8 Å². The molecule has 6 heteroatoms. The molecule has 4 rings (SSSR count). The summed E-state index contributed by atoms with van der Waals surface area (Å²) in [5, 5.41) is 4.07. The first kappa shape index (κ1) is 16.8. The van der Waals surface area contributed by atoms with Crippen LogP contribution >= 0.6 is 11.3 Å². The van der Waals surface area contributed by atoms with Gasteiger partial charge in [-0.2, -0.15) is 11.3 Å². The van der Waals surface area contributed by atoms with E-state index in [1.54, 1.807) is 11.3 Å². The summed E-state index contributed by atoms with van der Waals surface area (Å²) in [7, 11) is 0. The minimum absolute atomic E-state index is 0.183. The Hall–Kier alpha value is -1.66. The molecule has 0 N–H and O–H groups in total. The molecule has 0 aromatic carbocycles. The Morgan fingerprint density at radius 1 is 1.44 bits per heavy atom. The number of aromatic nitrogens is 2. The van der Waals surface area contributed by atoms with E-state index < -0.39 is 0 Å². The molecular formula is C19H25N3O2S. The second-order valence-electron chi connectivity index (χ2n) is 7.11. The van der Waals surface area contributed by atoms with Crippen LogP contribution in [0.4, 0.5) is 0 Å². The summed E-state index contributed by atoms with van der Waals surface area (Å²) in [5.74, 6) is 1.21. The van der Waals surface area contributed by atoms with Crippen molar-refractivity contribution in [1.29, 1.82) is 0 Å². The van der Waals surface area contributed by atoms with Crippen LogP contribution in [0.15, 0.2) is 23.2 Å². The molecule has 0 saturated heterocycles. The molecule has 25 heavy (non-hydrogen) atoms. The molecule has 134 valence electrons. The summed E-state index contributed by atoms with van der Waals surface area (Å²) >= 11 is 1.64. The molecule has 0 radical (unpaired) electrons. The summed E-state index contributed by atoms with van der Waals surface area (Å²) < 4.78 is 8.05. The first-order valence-corrected chi connectivity index (χ1v) is 10.1. The molecule has 5 nitrogen and oxygen atoms in total. The Kier molecular flexibility index (Phi) is 4.90. The van der Waals surface area contributed by atoms with Crippen molar-refractivity contribution in [3.8, 4) is 0 Å². The number of amides is 1. The molecule has 1 fully saturated rings. The fraction of sp³-hybridized carbons (Fsp3) is 0.579. The normalized spacial score (nSPS) is 19.9. The molecule has 0 bridgehead atoms. The number of rotatable bonds is 7. The van der Waals surface area contributed by atoms with Gasteiger partial charge in [-0.25, -0.2) is 4.98 Å². The van der Waals surface area contributed by atoms with Crippen LogP contribution in [-0.2, 0) is 29.0 Å². The number of hydrogen-bond donors (Lipinski definition) is 0. The van der Waals surface area contributed by atoms with Gasteiger partial charge in [0.2, 0.25) is 5.91 Å². The Morgan fingerprint density at radius 3 is 3.04 bits per heavy atom. The zero-order valence-electron chi connectivity index (χ0n) is 14.7. The SMILES string of the molecule is CCOCC1CN(C(=O)Cc2ccsc2)Cc2ncn(CC3CC3)c21. The Balaban J connectivity index is 1.52. The van der Waals surface area contributed by atoms with E-state index in [1.165, 1.54) is 18.5 Å². The molecule has 2 aliphatic rings. The van der Waals surface area contributed by atoms with Crippen LogP contribution in [-0.4, -0.2) is 40.1 Å². The van der Waals surface area contributed by atoms with Crippen LogP contribution in [0.5, 0.6) is 0 Å². The quantitative estimate of drug-likeness (QED) is 0.763. The summed E-state index contributed by atoms with van der Waals surface area (Å²) in [6.45, 7) is 5.79. The first-order valence-electron chi connectivity index (χ1n) is 9.15. The number of thiophene rings is 1. The lowest BCUT2D eigenvalue weighted by atomic mass is 9.98. The van der Waals surface area contributed by atoms with Gasteiger partial charge in [0, 0.05) is 31.3 Å². The highest BCUT2D eigenvalue weighted by molar-refractivity contribution is 7.08. The molecule has 1 amide bonds. The van der Waals surface area contributed by atoms with Gasteiger partial charge in [-0.15, -0.1) is 0 Å². The molecule has 1 aliphatic heterocycles. The Bertz CT molecular complexity index is 721.